The largest absolute Gasteiger partial charge is 0.375 e. The summed E-state index contributed by atoms with van der Waals surface area (Å²) in [6, 6.07) is -0.0299. The summed E-state index contributed by atoms with van der Waals surface area (Å²) in [6.07, 6.45) is 2.19. The summed E-state index contributed by atoms with van der Waals surface area (Å²) >= 11 is 0. The summed E-state index contributed by atoms with van der Waals surface area (Å²) in [4.78, 5) is 12.0. The lowest BCUT2D eigenvalue weighted by Gasteiger charge is -2.24. The molecule has 1 aliphatic rings. The van der Waals surface area contributed by atoms with Crippen molar-refractivity contribution in [3.05, 3.63) is 17.5 Å². The van der Waals surface area contributed by atoms with E-state index in [1.807, 2.05) is 25.6 Å². The van der Waals surface area contributed by atoms with Crippen molar-refractivity contribution in [1.82, 2.24) is 20.4 Å². The highest BCUT2D eigenvalue weighted by Crippen LogP contribution is 2.16. The van der Waals surface area contributed by atoms with E-state index in [0.717, 1.165) is 24.3 Å². The highest BCUT2D eigenvalue weighted by atomic mass is 35.5. The van der Waals surface area contributed by atoms with Crippen molar-refractivity contribution in [1.29, 1.82) is 0 Å². The van der Waals surface area contributed by atoms with Gasteiger partial charge in [0, 0.05) is 31.4 Å². The van der Waals surface area contributed by atoms with E-state index in [1.54, 1.807) is 6.20 Å². The van der Waals surface area contributed by atoms with E-state index in [9.17, 15) is 4.79 Å². The number of aryl methyl sites for hydroxylation is 1. The second-order valence-electron chi connectivity index (χ2n) is 5.00. The Kier molecular flexibility index (Phi) is 6.45. The third-order valence-electron chi connectivity index (χ3n) is 3.53. The van der Waals surface area contributed by atoms with Gasteiger partial charge in [0.05, 0.1) is 31.4 Å². The van der Waals surface area contributed by atoms with Crippen LogP contribution in [0.2, 0.25) is 0 Å². The van der Waals surface area contributed by atoms with Crippen LogP contribution in [0.1, 0.15) is 30.6 Å². The molecule has 20 heavy (non-hydrogen) atoms. The van der Waals surface area contributed by atoms with Gasteiger partial charge in [0.15, 0.2) is 0 Å². The van der Waals surface area contributed by atoms with Gasteiger partial charge in [-0.1, -0.05) is 0 Å². The summed E-state index contributed by atoms with van der Waals surface area (Å²) in [5, 5.41) is 10.4. The number of carbonyl (C=O) groups is 1. The zero-order valence-electron chi connectivity index (χ0n) is 12.2. The second-order valence-corrected chi connectivity index (χ2v) is 5.00. The van der Waals surface area contributed by atoms with Gasteiger partial charge in [-0.25, -0.2) is 0 Å². The highest BCUT2D eigenvalue weighted by molar-refractivity contribution is 5.85. The summed E-state index contributed by atoms with van der Waals surface area (Å²) in [7, 11) is 1.90. The Morgan fingerprint density at radius 3 is 3.00 bits per heavy atom. The van der Waals surface area contributed by atoms with Crippen molar-refractivity contribution < 1.29 is 9.53 Å². The predicted molar refractivity (Wildman–Crippen MR) is 79.0 cm³/mol. The van der Waals surface area contributed by atoms with Gasteiger partial charge in [-0.3, -0.25) is 9.48 Å². The minimum atomic E-state index is -0.0299. The number of nitrogens with zero attached hydrogens (tertiary/aromatic N) is 2. The van der Waals surface area contributed by atoms with Crippen LogP contribution < -0.4 is 10.6 Å². The molecule has 0 radical (unpaired) electrons. The molecule has 1 amide bonds. The number of morpholine rings is 1. The molecule has 0 aromatic carbocycles. The Hall–Kier alpha value is -1.11. The summed E-state index contributed by atoms with van der Waals surface area (Å²) in [5.74, 6) is 0.0180. The third kappa shape index (κ3) is 4.19. The molecule has 2 rings (SSSR count). The fraction of sp³-hybridized carbons (Fsp3) is 0.692. The topological polar surface area (TPSA) is 68.2 Å². The van der Waals surface area contributed by atoms with Crippen LogP contribution in [0.25, 0.3) is 0 Å². The van der Waals surface area contributed by atoms with E-state index in [-0.39, 0.29) is 30.5 Å². The molecule has 7 heteroatoms. The van der Waals surface area contributed by atoms with E-state index in [2.05, 4.69) is 15.7 Å². The van der Waals surface area contributed by atoms with E-state index < -0.39 is 0 Å². The number of carbonyl (C=O) groups excluding carboxylic acids is 1. The first-order valence-corrected chi connectivity index (χ1v) is 6.68. The van der Waals surface area contributed by atoms with Gasteiger partial charge in [-0.15, -0.1) is 12.4 Å². The van der Waals surface area contributed by atoms with E-state index >= 15 is 0 Å². The molecule has 0 spiro atoms. The molecule has 2 atom stereocenters. The van der Waals surface area contributed by atoms with Crippen LogP contribution >= 0.6 is 12.4 Å². The average molecular weight is 303 g/mol. The van der Waals surface area contributed by atoms with E-state index in [0.29, 0.717) is 13.0 Å². The zero-order chi connectivity index (χ0) is 13.8. The first kappa shape index (κ1) is 16.9. The monoisotopic (exact) mass is 302 g/mol. The van der Waals surface area contributed by atoms with Crippen LogP contribution in [0, 0.1) is 6.92 Å². The molecule has 1 saturated heterocycles. The molecular weight excluding hydrogens is 280 g/mol. The minimum absolute atomic E-state index is 0. The number of halogens is 1. The maximum absolute atomic E-state index is 12.0. The first-order valence-electron chi connectivity index (χ1n) is 6.68. The molecule has 0 bridgehead atoms. The SMILES string of the molecule is Cc1c(C(C)NC(=O)CC2CNCCO2)cnn1C.Cl. The van der Waals surface area contributed by atoms with E-state index in [4.69, 9.17) is 4.74 Å². The number of nitrogens with one attached hydrogen (secondary N) is 2. The predicted octanol–water partition coefficient (Wildman–Crippen LogP) is 0.706. The summed E-state index contributed by atoms with van der Waals surface area (Å²) < 4.78 is 7.34. The van der Waals surface area contributed by atoms with Crippen molar-refractivity contribution in [2.75, 3.05) is 19.7 Å². The maximum Gasteiger partial charge on any atom is 0.223 e. The molecule has 0 aliphatic carbocycles. The Balaban J connectivity index is 0.00000200. The quantitative estimate of drug-likeness (QED) is 0.859. The third-order valence-corrected chi connectivity index (χ3v) is 3.53. The van der Waals surface area contributed by atoms with Crippen LogP contribution in [0.3, 0.4) is 0 Å². The Labute approximate surface area is 125 Å². The zero-order valence-corrected chi connectivity index (χ0v) is 13.0. The summed E-state index contributed by atoms with van der Waals surface area (Å²) in [6.45, 7) is 6.26. The normalized spacial score (nSPS) is 20.1. The molecule has 1 aliphatic heterocycles. The van der Waals surface area contributed by atoms with Crippen LogP contribution in [-0.2, 0) is 16.6 Å². The first-order chi connectivity index (χ1) is 9.08. The van der Waals surface area contributed by atoms with Crippen LogP contribution in [0.5, 0.6) is 0 Å². The lowest BCUT2D eigenvalue weighted by atomic mass is 10.1. The number of hydrogen-bond acceptors (Lipinski definition) is 4. The number of hydrogen-bond donors (Lipinski definition) is 2. The van der Waals surface area contributed by atoms with Crippen molar-refractivity contribution in [3.8, 4) is 0 Å². The van der Waals surface area contributed by atoms with Gasteiger partial charge < -0.3 is 15.4 Å². The Morgan fingerprint density at radius 1 is 1.70 bits per heavy atom. The molecule has 1 aromatic heterocycles. The molecule has 6 nitrogen and oxygen atoms in total. The van der Waals surface area contributed by atoms with Gasteiger partial charge in [-0.05, 0) is 13.8 Å². The minimum Gasteiger partial charge on any atom is -0.375 e. The smallest absolute Gasteiger partial charge is 0.223 e. The summed E-state index contributed by atoms with van der Waals surface area (Å²) in [5.41, 5.74) is 2.13. The van der Waals surface area contributed by atoms with Crippen LogP contribution in [-0.4, -0.2) is 41.5 Å². The fourth-order valence-corrected chi connectivity index (χ4v) is 2.28. The Morgan fingerprint density at radius 2 is 2.45 bits per heavy atom. The van der Waals surface area contributed by atoms with Gasteiger partial charge in [-0.2, -0.15) is 5.10 Å². The highest BCUT2D eigenvalue weighted by Gasteiger charge is 2.20. The molecule has 2 unspecified atom stereocenters. The fourth-order valence-electron chi connectivity index (χ4n) is 2.28. The number of rotatable bonds is 4. The number of ether oxygens (including phenoxy) is 1. The number of amides is 1. The lowest BCUT2D eigenvalue weighted by molar-refractivity contribution is -0.125. The molecular formula is C13H23ClN4O2. The van der Waals surface area contributed by atoms with Gasteiger partial charge in [0.2, 0.25) is 5.91 Å². The van der Waals surface area contributed by atoms with E-state index in [1.165, 1.54) is 0 Å². The molecule has 1 aromatic rings. The number of aromatic nitrogens is 2. The van der Waals surface area contributed by atoms with Crippen molar-refractivity contribution in [2.45, 2.75) is 32.4 Å². The van der Waals surface area contributed by atoms with Crippen LogP contribution in [0.15, 0.2) is 6.20 Å². The van der Waals surface area contributed by atoms with Crippen molar-refractivity contribution >= 4 is 18.3 Å². The van der Waals surface area contributed by atoms with Crippen molar-refractivity contribution in [2.24, 2.45) is 7.05 Å². The Bertz CT molecular complexity index is 444. The maximum atomic E-state index is 12.0. The van der Waals surface area contributed by atoms with Crippen LogP contribution in [0.4, 0.5) is 0 Å². The molecule has 1 fully saturated rings. The second kappa shape index (κ2) is 7.61. The van der Waals surface area contributed by atoms with Gasteiger partial charge in [0.1, 0.15) is 0 Å². The molecule has 2 N–H and O–H groups in total. The van der Waals surface area contributed by atoms with Gasteiger partial charge in [0.25, 0.3) is 0 Å². The average Bonchev–Trinajstić information content (AvgIpc) is 2.71. The molecule has 2 heterocycles. The molecule has 114 valence electrons. The van der Waals surface area contributed by atoms with Crippen molar-refractivity contribution in [3.63, 3.8) is 0 Å². The lowest BCUT2D eigenvalue weighted by Crippen LogP contribution is -2.41. The molecule has 0 saturated carbocycles. The van der Waals surface area contributed by atoms with Gasteiger partial charge >= 0.3 is 0 Å². The standard InChI is InChI=1S/C13H22N4O2.ClH/c1-9(12-8-15-17(3)10(12)2)16-13(18)6-11-7-14-4-5-19-11;/h8-9,11,14H,4-7H2,1-3H3,(H,16,18);1H.